The third-order valence-electron chi connectivity index (χ3n) is 2.24. The Hall–Kier alpha value is -1.88. The summed E-state index contributed by atoms with van der Waals surface area (Å²) < 4.78 is 5.02. The molecule has 0 saturated carbocycles. The normalized spacial score (nSPS) is 11.8. The minimum Gasteiger partial charge on any atom is -0.481 e. The van der Waals surface area contributed by atoms with E-state index in [-0.39, 0.29) is 13.0 Å². The second kappa shape index (κ2) is 6.65. The van der Waals surface area contributed by atoms with E-state index < -0.39 is 18.0 Å². The van der Waals surface area contributed by atoms with Crippen LogP contribution < -0.4 is 5.32 Å². The zero-order chi connectivity index (χ0) is 12.7. The Morgan fingerprint density at radius 1 is 1.35 bits per heavy atom. The van der Waals surface area contributed by atoms with Gasteiger partial charge in [-0.2, -0.15) is 0 Å². The molecule has 0 heterocycles. The van der Waals surface area contributed by atoms with Crippen LogP contribution in [-0.4, -0.2) is 30.1 Å². The minimum absolute atomic E-state index is 0.150. The van der Waals surface area contributed by atoms with Gasteiger partial charge in [-0.3, -0.25) is 9.59 Å². The molecule has 0 amide bonds. The predicted molar refractivity (Wildman–Crippen MR) is 61.3 cm³/mol. The molecule has 5 heteroatoms. The van der Waals surface area contributed by atoms with Crippen molar-refractivity contribution >= 4 is 11.9 Å². The highest BCUT2D eigenvalue weighted by Gasteiger charge is 2.21. The fourth-order valence-electron chi connectivity index (χ4n) is 1.31. The number of carboxylic acid groups (broad SMARTS) is 1. The second-order valence-corrected chi connectivity index (χ2v) is 3.53. The summed E-state index contributed by atoms with van der Waals surface area (Å²) in [7, 11) is 1.53. The molecule has 0 unspecified atom stereocenters. The summed E-state index contributed by atoms with van der Waals surface area (Å²) in [5.41, 5.74) is 0.867. The molecule has 17 heavy (non-hydrogen) atoms. The molecular weight excluding hydrogens is 222 g/mol. The summed E-state index contributed by atoms with van der Waals surface area (Å²) in [6.45, 7) is 0.150. The van der Waals surface area contributed by atoms with Crippen molar-refractivity contribution in [3.63, 3.8) is 0 Å². The number of ether oxygens (including phenoxy) is 1. The van der Waals surface area contributed by atoms with Gasteiger partial charge in [0, 0.05) is 0 Å². The Bertz CT molecular complexity index is 377. The zero-order valence-corrected chi connectivity index (χ0v) is 9.55. The second-order valence-electron chi connectivity index (χ2n) is 3.53. The molecule has 0 aliphatic rings. The van der Waals surface area contributed by atoms with Crippen LogP contribution in [0.2, 0.25) is 0 Å². The number of carbonyl (C=O) groups is 2. The first-order chi connectivity index (χ1) is 8.13. The molecular formula is C12H15NO4. The molecule has 0 saturated heterocycles. The van der Waals surface area contributed by atoms with Crippen molar-refractivity contribution < 1.29 is 19.4 Å². The summed E-state index contributed by atoms with van der Waals surface area (Å²) in [5, 5.41) is 11.2. The number of nitrogens with one attached hydrogen (secondary N) is 1. The quantitative estimate of drug-likeness (QED) is 0.715. The first-order valence-corrected chi connectivity index (χ1v) is 5.23. The highest BCUT2D eigenvalue weighted by Crippen LogP contribution is 2.03. The Labute approximate surface area is 99.4 Å². The maximum Gasteiger partial charge on any atom is 0.324 e. The largest absolute Gasteiger partial charge is 0.481 e. The first-order valence-electron chi connectivity index (χ1n) is 5.23. The predicted octanol–water partition coefficient (Wildman–Crippen LogP) is 0.792. The van der Waals surface area contributed by atoms with Gasteiger partial charge in [0.05, 0.1) is 6.42 Å². The van der Waals surface area contributed by atoms with E-state index >= 15 is 0 Å². The Morgan fingerprint density at radius 2 is 2.00 bits per heavy atom. The fraction of sp³-hybridized carbons (Fsp3) is 0.333. The molecule has 1 atom stereocenters. The van der Waals surface area contributed by atoms with Crippen LogP contribution in [0.15, 0.2) is 30.3 Å². The van der Waals surface area contributed by atoms with E-state index in [9.17, 15) is 9.59 Å². The molecule has 92 valence electrons. The lowest BCUT2D eigenvalue weighted by Gasteiger charge is -2.13. The van der Waals surface area contributed by atoms with E-state index in [1.807, 2.05) is 30.3 Å². The van der Waals surface area contributed by atoms with Gasteiger partial charge in [-0.1, -0.05) is 30.3 Å². The van der Waals surface area contributed by atoms with Gasteiger partial charge in [0.25, 0.3) is 0 Å². The van der Waals surface area contributed by atoms with E-state index in [1.165, 1.54) is 7.05 Å². The zero-order valence-electron chi connectivity index (χ0n) is 9.55. The van der Waals surface area contributed by atoms with E-state index in [0.717, 1.165) is 5.56 Å². The van der Waals surface area contributed by atoms with Gasteiger partial charge in [-0.05, 0) is 12.6 Å². The van der Waals surface area contributed by atoms with Gasteiger partial charge in [0.2, 0.25) is 0 Å². The van der Waals surface area contributed by atoms with Gasteiger partial charge in [0.15, 0.2) is 0 Å². The number of carbonyl (C=O) groups excluding carboxylic acids is 1. The van der Waals surface area contributed by atoms with E-state index in [4.69, 9.17) is 9.84 Å². The van der Waals surface area contributed by atoms with Crippen molar-refractivity contribution in [2.75, 3.05) is 7.05 Å². The molecule has 0 spiro atoms. The van der Waals surface area contributed by atoms with Crippen molar-refractivity contribution in [2.24, 2.45) is 0 Å². The highest BCUT2D eigenvalue weighted by molar-refractivity contribution is 5.81. The van der Waals surface area contributed by atoms with Crippen LogP contribution in [0.25, 0.3) is 0 Å². The Kier molecular flexibility index (Phi) is 5.16. The highest BCUT2D eigenvalue weighted by atomic mass is 16.5. The molecule has 1 aromatic rings. The number of aliphatic carboxylic acids is 1. The third-order valence-corrected chi connectivity index (χ3v) is 2.24. The number of likely N-dealkylation sites (N-methyl/N-ethyl adjacent to an activating group) is 1. The monoisotopic (exact) mass is 237 g/mol. The summed E-state index contributed by atoms with van der Waals surface area (Å²) >= 11 is 0. The molecule has 0 aliphatic carbocycles. The number of esters is 1. The number of hydrogen-bond donors (Lipinski definition) is 2. The number of rotatable bonds is 6. The smallest absolute Gasteiger partial charge is 0.324 e. The summed E-state index contributed by atoms with van der Waals surface area (Å²) in [6.07, 6.45) is -0.288. The molecule has 1 rings (SSSR count). The fourth-order valence-corrected chi connectivity index (χ4v) is 1.31. The topological polar surface area (TPSA) is 75.6 Å². The lowest BCUT2D eigenvalue weighted by atomic mass is 10.2. The van der Waals surface area contributed by atoms with Crippen molar-refractivity contribution in [3.8, 4) is 0 Å². The van der Waals surface area contributed by atoms with Crippen LogP contribution in [0.3, 0.4) is 0 Å². The molecule has 0 fully saturated rings. The average Bonchev–Trinajstić information content (AvgIpc) is 2.34. The number of hydrogen-bond acceptors (Lipinski definition) is 4. The SMILES string of the molecule is CN[C@@H](CC(=O)O)C(=O)OCc1ccccc1. The summed E-state index contributed by atoms with van der Waals surface area (Å²) in [4.78, 5) is 22.0. The minimum atomic E-state index is -1.04. The van der Waals surface area contributed by atoms with Gasteiger partial charge in [-0.25, -0.2) is 0 Å². The van der Waals surface area contributed by atoms with Crippen LogP contribution in [-0.2, 0) is 20.9 Å². The molecule has 5 nitrogen and oxygen atoms in total. The standard InChI is InChI=1S/C12H15NO4/c1-13-10(7-11(14)15)12(16)17-8-9-5-3-2-4-6-9/h2-6,10,13H,7-8H2,1H3,(H,14,15)/t10-/m0/s1. The van der Waals surface area contributed by atoms with Crippen molar-refractivity contribution in [1.29, 1.82) is 0 Å². The number of benzene rings is 1. The van der Waals surface area contributed by atoms with E-state index in [0.29, 0.717) is 0 Å². The van der Waals surface area contributed by atoms with Crippen molar-refractivity contribution in [3.05, 3.63) is 35.9 Å². The van der Waals surface area contributed by atoms with Gasteiger partial charge in [0.1, 0.15) is 12.6 Å². The van der Waals surface area contributed by atoms with E-state index in [2.05, 4.69) is 5.32 Å². The van der Waals surface area contributed by atoms with Gasteiger partial charge in [-0.15, -0.1) is 0 Å². The van der Waals surface area contributed by atoms with Crippen LogP contribution >= 0.6 is 0 Å². The molecule has 0 bridgehead atoms. The lowest BCUT2D eigenvalue weighted by molar-refractivity contribution is -0.151. The maximum absolute atomic E-state index is 11.5. The average molecular weight is 237 g/mol. The van der Waals surface area contributed by atoms with E-state index in [1.54, 1.807) is 0 Å². The first kappa shape index (κ1) is 13.2. The van der Waals surface area contributed by atoms with Crippen LogP contribution in [0.1, 0.15) is 12.0 Å². The molecule has 1 aromatic carbocycles. The molecule has 0 aliphatic heterocycles. The van der Waals surface area contributed by atoms with Crippen molar-refractivity contribution in [1.82, 2.24) is 5.32 Å². The third kappa shape index (κ3) is 4.65. The maximum atomic E-state index is 11.5. The molecule has 0 aromatic heterocycles. The Morgan fingerprint density at radius 3 is 2.53 bits per heavy atom. The van der Waals surface area contributed by atoms with Gasteiger partial charge >= 0.3 is 11.9 Å². The molecule has 2 N–H and O–H groups in total. The van der Waals surface area contributed by atoms with Gasteiger partial charge < -0.3 is 15.2 Å². The number of carboxylic acids is 1. The summed E-state index contributed by atoms with van der Waals surface area (Å²) in [5.74, 6) is -1.60. The van der Waals surface area contributed by atoms with Crippen LogP contribution in [0, 0.1) is 0 Å². The van der Waals surface area contributed by atoms with Crippen molar-refractivity contribution in [2.45, 2.75) is 19.1 Å². The van der Waals surface area contributed by atoms with Crippen LogP contribution in [0.5, 0.6) is 0 Å². The lowest BCUT2D eigenvalue weighted by Crippen LogP contribution is -2.37. The van der Waals surface area contributed by atoms with Crippen LogP contribution in [0.4, 0.5) is 0 Å². The summed E-state index contributed by atoms with van der Waals surface area (Å²) in [6, 6.07) is 8.41. The molecule has 0 radical (unpaired) electrons. The Balaban J connectivity index is 2.45.